The second-order valence-electron chi connectivity index (χ2n) is 6.39. The summed E-state index contributed by atoms with van der Waals surface area (Å²) in [6.45, 7) is 8.67. The van der Waals surface area contributed by atoms with Crippen LogP contribution in [0.15, 0.2) is 12.1 Å². The number of fused-ring (bicyclic) bond motifs is 1. The van der Waals surface area contributed by atoms with Crippen molar-refractivity contribution in [3.05, 3.63) is 23.3 Å². The van der Waals surface area contributed by atoms with Crippen molar-refractivity contribution in [1.29, 1.82) is 0 Å². The Labute approximate surface area is 119 Å². The van der Waals surface area contributed by atoms with Crippen molar-refractivity contribution >= 4 is 18.9 Å². The van der Waals surface area contributed by atoms with Crippen molar-refractivity contribution in [2.24, 2.45) is 0 Å². The lowest BCUT2D eigenvalue weighted by Crippen LogP contribution is -2.41. The number of ether oxygens (including phenoxy) is 1. The fourth-order valence-corrected chi connectivity index (χ4v) is 2.57. The average Bonchev–Trinajstić information content (AvgIpc) is 2.91. The first-order valence-corrected chi connectivity index (χ1v) is 6.94. The molecule has 0 amide bonds. The quantitative estimate of drug-likeness (QED) is 0.608. The van der Waals surface area contributed by atoms with Gasteiger partial charge in [0.15, 0.2) is 0 Å². The van der Waals surface area contributed by atoms with E-state index < -0.39 is 7.12 Å². The van der Waals surface area contributed by atoms with Crippen LogP contribution < -0.4 is 10.2 Å². The topological polar surface area (TPSA) is 44.8 Å². The van der Waals surface area contributed by atoms with Crippen LogP contribution in [0.1, 0.15) is 43.6 Å². The third kappa shape index (κ3) is 1.96. The van der Waals surface area contributed by atoms with Crippen molar-refractivity contribution in [3.63, 3.8) is 0 Å². The van der Waals surface area contributed by atoms with E-state index in [9.17, 15) is 4.79 Å². The molecule has 1 saturated heterocycles. The van der Waals surface area contributed by atoms with Gasteiger partial charge in [0.25, 0.3) is 0 Å². The maximum atomic E-state index is 11.3. The summed E-state index contributed by atoms with van der Waals surface area (Å²) in [5, 5.41) is 0. The van der Waals surface area contributed by atoms with Crippen molar-refractivity contribution in [1.82, 2.24) is 0 Å². The van der Waals surface area contributed by atoms with Gasteiger partial charge in [0.2, 0.25) is 0 Å². The fraction of sp³-hybridized carbons (Fsp3) is 0.533. The van der Waals surface area contributed by atoms with Crippen LogP contribution in [0.25, 0.3) is 0 Å². The monoisotopic (exact) mass is 274 g/mol. The molecule has 5 heteroatoms. The van der Waals surface area contributed by atoms with Gasteiger partial charge in [-0.15, -0.1) is 0 Å². The third-order valence-electron chi connectivity index (χ3n) is 4.53. The van der Waals surface area contributed by atoms with Gasteiger partial charge in [-0.1, -0.05) is 6.07 Å². The van der Waals surface area contributed by atoms with Gasteiger partial charge in [0.1, 0.15) is 12.0 Å². The number of benzene rings is 1. The Bertz CT molecular complexity index is 549. The Kier molecular flexibility index (Phi) is 2.96. The molecule has 0 radical (unpaired) electrons. The van der Waals surface area contributed by atoms with Crippen LogP contribution in [-0.4, -0.2) is 31.2 Å². The number of hydrogen-bond donors (Lipinski definition) is 0. The standard InChI is InChI=1S/C15H19BO4/c1-14(2)15(3,4)20-16(19-14)11-7-10(9-17)12-5-6-18-13(12)8-11/h7-9H,5-6H2,1-4H3. The molecular formula is C15H19BO4. The summed E-state index contributed by atoms with van der Waals surface area (Å²) < 4.78 is 17.6. The molecule has 1 fully saturated rings. The van der Waals surface area contributed by atoms with Crippen LogP contribution in [-0.2, 0) is 15.7 Å². The molecule has 106 valence electrons. The highest BCUT2D eigenvalue weighted by Crippen LogP contribution is 2.37. The van der Waals surface area contributed by atoms with Gasteiger partial charge in [-0.05, 0) is 39.2 Å². The van der Waals surface area contributed by atoms with E-state index in [1.54, 1.807) is 0 Å². The highest BCUT2D eigenvalue weighted by molar-refractivity contribution is 6.62. The number of carbonyl (C=O) groups excluding carboxylic acids is 1. The number of rotatable bonds is 2. The second kappa shape index (κ2) is 4.33. The van der Waals surface area contributed by atoms with Crippen LogP contribution in [0.4, 0.5) is 0 Å². The number of carbonyl (C=O) groups is 1. The normalized spacial score (nSPS) is 22.5. The molecule has 0 spiro atoms. The lowest BCUT2D eigenvalue weighted by Gasteiger charge is -2.32. The van der Waals surface area contributed by atoms with E-state index >= 15 is 0 Å². The molecule has 2 heterocycles. The largest absolute Gasteiger partial charge is 0.494 e. The Morgan fingerprint density at radius 3 is 2.40 bits per heavy atom. The first-order chi connectivity index (χ1) is 9.34. The summed E-state index contributed by atoms with van der Waals surface area (Å²) in [5.74, 6) is 0.777. The van der Waals surface area contributed by atoms with E-state index in [2.05, 4.69) is 0 Å². The van der Waals surface area contributed by atoms with Gasteiger partial charge in [0, 0.05) is 17.5 Å². The lowest BCUT2D eigenvalue weighted by atomic mass is 9.77. The van der Waals surface area contributed by atoms with Gasteiger partial charge in [-0.25, -0.2) is 0 Å². The minimum Gasteiger partial charge on any atom is -0.493 e. The molecule has 3 rings (SSSR count). The molecule has 1 aromatic carbocycles. The average molecular weight is 274 g/mol. The molecule has 0 unspecified atom stereocenters. The molecule has 0 aliphatic carbocycles. The number of aldehydes is 1. The predicted octanol–water partition coefficient (Wildman–Crippen LogP) is 1.73. The molecule has 4 nitrogen and oxygen atoms in total. The van der Waals surface area contributed by atoms with Crippen LogP contribution in [0.5, 0.6) is 5.75 Å². The SMILES string of the molecule is CC1(C)OB(c2cc(C=O)c3c(c2)OCC3)OC1(C)C. The first kappa shape index (κ1) is 13.6. The molecule has 0 atom stereocenters. The van der Waals surface area contributed by atoms with Gasteiger partial charge in [-0.2, -0.15) is 0 Å². The summed E-state index contributed by atoms with van der Waals surface area (Å²) >= 11 is 0. The van der Waals surface area contributed by atoms with Crippen molar-refractivity contribution in [2.75, 3.05) is 6.61 Å². The molecule has 0 aromatic heterocycles. The van der Waals surface area contributed by atoms with Crippen LogP contribution >= 0.6 is 0 Å². The molecule has 0 bridgehead atoms. The molecular weight excluding hydrogens is 255 g/mol. The minimum atomic E-state index is -0.465. The van der Waals surface area contributed by atoms with E-state index in [0.29, 0.717) is 12.2 Å². The maximum Gasteiger partial charge on any atom is 0.494 e. The minimum absolute atomic E-state index is 0.390. The van der Waals surface area contributed by atoms with Gasteiger partial charge >= 0.3 is 7.12 Å². The lowest BCUT2D eigenvalue weighted by molar-refractivity contribution is 0.00578. The van der Waals surface area contributed by atoms with Gasteiger partial charge < -0.3 is 14.0 Å². The summed E-state index contributed by atoms with van der Waals surface area (Å²) in [4.78, 5) is 11.3. The van der Waals surface area contributed by atoms with Gasteiger partial charge in [0.05, 0.1) is 17.8 Å². The van der Waals surface area contributed by atoms with E-state index in [1.165, 1.54) is 0 Å². The first-order valence-electron chi connectivity index (χ1n) is 6.94. The van der Waals surface area contributed by atoms with E-state index in [1.807, 2.05) is 39.8 Å². The highest BCUT2D eigenvalue weighted by atomic mass is 16.7. The molecule has 0 N–H and O–H groups in total. The Balaban J connectivity index is 1.99. The van der Waals surface area contributed by atoms with Crippen molar-refractivity contribution in [2.45, 2.75) is 45.3 Å². The van der Waals surface area contributed by atoms with Crippen LogP contribution in [0, 0.1) is 0 Å². The van der Waals surface area contributed by atoms with Crippen molar-refractivity contribution < 1.29 is 18.8 Å². The van der Waals surface area contributed by atoms with Crippen LogP contribution in [0.3, 0.4) is 0 Å². The summed E-state index contributed by atoms with van der Waals surface area (Å²) in [7, 11) is -0.465. The van der Waals surface area contributed by atoms with Gasteiger partial charge in [-0.3, -0.25) is 4.79 Å². The summed E-state index contributed by atoms with van der Waals surface area (Å²) in [5.41, 5.74) is 1.72. The predicted molar refractivity (Wildman–Crippen MR) is 76.7 cm³/mol. The molecule has 0 saturated carbocycles. The second-order valence-corrected chi connectivity index (χ2v) is 6.39. The molecule has 20 heavy (non-hydrogen) atoms. The van der Waals surface area contributed by atoms with Crippen LogP contribution in [0.2, 0.25) is 0 Å². The zero-order chi connectivity index (χ0) is 14.5. The Morgan fingerprint density at radius 1 is 1.15 bits per heavy atom. The fourth-order valence-electron chi connectivity index (χ4n) is 2.57. The van der Waals surface area contributed by atoms with E-state index in [0.717, 1.165) is 29.5 Å². The third-order valence-corrected chi connectivity index (χ3v) is 4.53. The molecule has 2 aliphatic heterocycles. The Hall–Kier alpha value is -1.33. The van der Waals surface area contributed by atoms with E-state index in [4.69, 9.17) is 14.0 Å². The summed E-state index contributed by atoms with van der Waals surface area (Å²) in [6.07, 6.45) is 1.66. The summed E-state index contributed by atoms with van der Waals surface area (Å²) in [6, 6.07) is 3.78. The van der Waals surface area contributed by atoms with E-state index in [-0.39, 0.29) is 11.2 Å². The number of hydrogen-bond acceptors (Lipinski definition) is 4. The highest BCUT2D eigenvalue weighted by Gasteiger charge is 2.52. The van der Waals surface area contributed by atoms with Crippen molar-refractivity contribution in [3.8, 4) is 5.75 Å². The zero-order valence-corrected chi connectivity index (χ0v) is 12.4. The Morgan fingerprint density at radius 2 is 1.80 bits per heavy atom. The smallest absolute Gasteiger partial charge is 0.493 e. The maximum absolute atomic E-state index is 11.3. The molecule has 2 aliphatic rings. The molecule has 1 aromatic rings. The zero-order valence-electron chi connectivity index (χ0n) is 12.4.